The number of aromatic nitrogens is 2. The molecule has 1 amide bonds. The first kappa shape index (κ1) is 29.8. The second-order valence-corrected chi connectivity index (χ2v) is 13.1. The van der Waals surface area contributed by atoms with Crippen LogP contribution in [0.5, 0.6) is 0 Å². The lowest BCUT2D eigenvalue weighted by Gasteiger charge is -2.35. The molecule has 41 heavy (non-hydrogen) atoms. The normalized spacial score (nSPS) is 29.6. The molecular formula is C29H34ClF4N3O4. The van der Waals surface area contributed by atoms with Crippen LogP contribution in [0.15, 0.2) is 24.4 Å². The van der Waals surface area contributed by atoms with Gasteiger partial charge in [0.05, 0.1) is 29.8 Å². The number of amides is 1. The van der Waals surface area contributed by atoms with E-state index in [1.54, 1.807) is 6.92 Å². The van der Waals surface area contributed by atoms with Crippen LogP contribution in [0.1, 0.15) is 93.1 Å². The molecular weight excluding hydrogens is 566 g/mol. The minimum atomic E-state index is -4.92. The highest BCUT2D eigenvalue weighted by Gasteiger charge is 2.63. The summed E-state index contributed by atoms with van der Waals surface area (Å²) in [6, 6.07) is 2.72. The molecule has 7 nitrogen and oxygen atoms in total. The molecule has 1 unspecified atom stereocenters. The van der Waals surface area contributed by atoms with Crippen LogP contribution in [0.3, 0.4) is 0 Å². The molecule has 1 aromatic carbocycles. The maximum Gasteiger partial charge on any atom is 0.433 e. The minimum absolute atomic E-state index is 0.0465. The summed E-state index contributed by atoms with van der Waals surface area (Å²) in [7, 11) is 0. The van der Waals surface area contributed by atoms with Crippen molar-refractivity contribution in [2.24, 2.45) is 22.7 Å². The molecule has 0 radical (unpaired) electrons. The lowest BCUT2D eigenvalue weighted by molar-refractivity contribution is -0.152. The zero-order valence-electron chi connectivity index (χ0n) is 23.1. The molecule has 3 saturated carbocycles. The molecule has 1 aromatic heterocycles. The van der Waals surface area contributed by atoms with E-state index in [0.717, 1.165) is 16.9 Å². The van der Waals surface area contributed by atoms with Crippen molar-refractivity contribution in [1.82, 2.24) is 14.7 Å². The predicted octanol–water partition coefficient (Wildman–Crippen LogP) is 6.51. The van der Waals surface area contributed by atoms with Crippen LogP contribution in [-0.2, 0) is 11.0 Å². The van der Waals surface area contributed by atoms with Crippen molar-refractivity contribution in [3.05, 3.63) is 52.1 Å². The van der Waals surface area contributed by atoms with Crippen LogP contribution in [0.2, 0.25) is 5.02 Å². The average molecular weight is 600 g/mol. The molecule has 0 spiro atoms. The van der Waals surface area contributed by atoms with Crippen LogP contribution >= 0.6 is 11.6 Å². The monoisotopic (exact) mass is 599 g/mol. The number of fused-ring (bicyclic) bond motifs is 1. The van der Waals surface area contributed by atoms with Gasteiger partial charge in [0.2, 0.25) is 0 Å². The molecule has 5 rings (SSSR count). The zero-order chi connectivity index (χ0) is 30.1. The Labute approximate surface area is 240 Å². The number of carboxylic acid groups (broad SMARTS) is 1. The Balaban J connectivity index is 1.47. The first-order valence-corrected chi connectivity index (χ1v) is 14.2. The SMILES string of the molecule is CC1(C(=O)O)CCC(n2ncc(C(=O)N(C[C@H](O)c3c(F)cccc3Cl)C3C[C@@H]4[C@H](C3)C4(C)C)c2C(F)(F)F)CC1. The van der Waals surface area contributed by atoms with Crippen LogP contribution in [-0.4, -0.2) is 49.4 Å². The van der Waals surface area contributed by atoms with E-state index in [1.165, 1.54) is 17.0 Å². The fourth-order valence-electron chi connectivity index (χ4n) is 7.17. The van der Waals surface area contributed by atoms with E-state index in [1.807, 2.05) is 0 Å². The summed E-state index contributed by atoms with van der Waals surface area (Å²) in [5.74, 6) is -2.11. The number of carbonyl (C=O) groups excluding carboxylic acids is 1. The van der Waals surface area contributed by atoms with Gasteiger partial charge in [-0.05, 0) is 74.8 Å². The molecule has 3 aliphatic rings. The van der Waals surface area contributed by atoms with Gasteiger partial charge in [-0.15, -0.1) is 0 Å². The number of aliphatic carboxylic acids is 1. The quantitative estimate of drug-likeness (QED) is 0.354. The van der Waals surface area contributed by atoms with E-state index in [2.05, 4.69) is 18.9 Å². The van der Waals surface area contributed by atoms with Gasteiger partial charge >= 0.3 is 12.1 Å². The zero-order valence-corrected chi connectivity index (χ0v) is 23.8. The Bertz CT molecular complexity index is 1320. The standard InChI is InChI=1S/C29H34ClF4N3O4/c1-27(2)18-11-16(12-19(18)27)36(14-22(38)23-20(30)5-4-6-21(23)31)25(39)17-13-35-37(24(17)29(32,33)34)15-7-9-28(3,10-8-15)26(40)41/h4-6,13,15-16,18-19,22,38H,7-12,14H2,1-3H3,(H,40,41)/t15?,16?,18-,19+,22-,28?/m0/s1. The molecule has 224 valence electrons. The summed E-state index contributed by atoms with van der Waals surface area (Å²) in [5.41, 5.74) is -3.01. The number of nitrogens with zero attached hydrogens (tertiary/aromatic N) is 3. The third-order valence-electron chi connectivity index (χ3n) is 9.96. The summed E-state index contributed by atoms with van der Waals surface area (Å²) in [6.45, 7) is 5.37. The van der Waals surface area contributed by atoms with Crippen molar-refractivity contribution < 1.29 is 37.4 Å². The number of aliphatic hydroxyl groups is 1. The van der Waals surface area contributed by atoms with Gasteiger partial charge in [-0.3, -0.25) is 14.3 Å². The molecule has 2 aromatic rings. The highest BCUT2D eigenvalue weighted by molar-refractivity contribution is 6.31. The van der Waals surface area contributed by atoms with Crippen LogP contribution in [0.25, 0.3) is 0 Å². The Kier molecular flexibility index (Phi) is 7.46. The van der Waals surface area contributed by atoms with Crippen molar-refractivity contribution in [3.63, 3.8) is 0 Å². The summed E-state index contributed by atoms with van der Waals surface area (Å²) in [6.07, 6.45) is -3.77. The number of carbonyl (C=O) groups is 2. The van der Waals surface area contributed by atoms with Crippen molar-refractivity contribution >= 4 is 23.5 Å². The summed E-state index contributed by atoms with van der Waals surface area (Å²) in [4.78, 5) is 26.8. The van der Waals surface area contributed by atoms with Gasteiger partial charge in [-0.25, -0.2) is 4.39 Å². The van der Waals surface area contributed by atoms with E-state index in [0.29, 0.717) is 24.7 Å². The Morgan fingerprint density at radius 3 is 2.32 bits per heavy atom. The van der Waals surface area contributed by atoms with Crippen molar-refractivity contribution in [1.29, 1.82) is 0 Å². The molecule has 2 N–H and O–H groups in total. The summed E-state index contributed by atoms with van der Waals surface area (Å²) >= 11 is 6.14. The highest BCUT2D eigenvalue weighted by atomic mass is 35.5. The van der Waals surface area contributed by atoms with Gasteiger partial charge < -0.3 is 15.1 Å². The number of benzene rings is 1. The number of carboxylic acids is 1. The first-order chi connectivity index (χ1) is 19.1. The number of hydrogen-bond acceptors (Lipinski definition) is 4. The Morgan fingerprint density at radius 1 is 1.17 bits per heavy atom. The third-order valence-corrected chi connectivity index (χ3v) is 10.3. The molecule has 4 atom stereocenters. The van der Waals surface area contributed by atoms with Crippen LogP contribution in [0, 0.1) is 28.5 Å². The van der Waals surface area contributed by atoms with Gasteiger partial charge in [0.25, 0.3) is 5.91 Å². The molecule has 0 bridgehead atoms. The lowest BCUT2D eigenvalue weighted by Crippen LogP contribution is -2.43. The number of halogens is 5. The number of rotatable bonds is 7. The summed E-state index contributed by atoms with van der Waals surface area (Å²) in [5, 5.41) is 24.5. The Morgan fingerprint density at radius 2 is 1.78 bits per heavy atom. The van der Waals surface area contributed by atoms with Crippen molar-refractivity contribution in [2.75, 3.05) is 6.54 Å². The van der Waals surface area contributed by atoms with Gasteiger partial charge in [0, 0.05) is 16.6 Å². The smallest absolute Gasteiger partial charge is 0.433 e. The topological polar surface area (TPSA) is 95.7 Å². The largest absolute Gasteiger partial charge is 0.481 e. The van der Waals surface area contributed by atoms with Gasteiger partial charge in [-0.2, -0.15) is 18.3 Å². The van der Waals surface area contributed by atoms with Crippen LogP contribution in [0.4, 0.5) is 17.6 Å². The molecule has 0 saturated heterocycles. The minimum Gasteiger partial charge on any atom is -0.481 e. The van der Waals surface area contributed by atoms with Gasteiger partial charge in [0.1, 0.15) is 11.9 Å². The van der Waals surface area contributed by atoms with E-state index in [9.17, 15) is 37.4 Å². The number of alkyl halides is 3. The van der Waals surface area contributed by atoms with E-state index in [-0.39, 0.29) is 41.7 Å². The molecule has 12 heteroatoms. The fourth-order valence-corrected chi connectivity index (χ4v) is 7.45. The number of hydrogen-bond donors (Lipinski definition) is 2. The maximum absolute atomic E-state index is 14.6. The van der Waals surface area contributed by atoms with Gasteiger partial charge in [0.15, 0.2) is 5.69 Å². The molecule has 0 aliphatic heterocycles. The second-order valence-electron chi connectivity index (χ2n) is 12.7. The first-order valence-electron chi connectivity index (χ1n) is 13.9. The van der Waals surface area contributed by atoms with Crippen LogP contribution < -0.4 is 0 Å². The summed E-state index contributed by atoms with van der Waals surface area (Å²) < 4.78 is 59.0. The lowest BCUT2D eigenvalue weighted by atomic mass is 9.74. The Hall–Kier alpha value is -2.66. The maximum atomic E-state index is 14.6. The molecule has 1 heterocycles. The van der Waals surface area contributed by atoms with Gasteiger partial charge in [-0.1, -0.05) is 31.5 Å². The average Bonchev–Trinajstić information content (AvgIpc) is 3.30. The highest BCUT2D eigenvalue weighted by Crippen LogP contribution is 2.67. The third kappa shape index (κ3) is 5.24. The van der Waals surface area contributed by atoms with E-state index < -0.39 is 65.3 Å². The number of aliphatic hydroxyl groups excluding tert-OH is 1. The molecule has 3 fully saturated rings. The van der Waals surface area contributed by atoms with E-state index in [4.69, 9.17) is 11.6 Å². The molecule has 3 aliphatic carbocycles. The van der Waals surface area contributed by atoms with Crippen molar-refractivity contribution in [2.45, 2.75) is 83.7 Å². The van der Waals surface area contributed by atoms with E-state index >= 15 is 0 Å². The second kappa shape index (κ2) is 10.3. The van der Waals surface area contributed by atoms with Crippen molar-refractivity contribution in [3.8, 4) is 0 Å². The predicted molar refractivity (Wildman–Crippen MR) is 142 cm³/mol. The fraction of sp³-hybridized carbons (Fsp3) is 0.621.